The van der Waals surface area contributed by atoms with Crippen molar-refractivity contribution in [1.29, 1.82) is 0 Å². The van der Waals surface area contributed by atoms with Crippen molar-refractivity contribution in [1.82, 2.24) is 0 Å². The number of carbonyl (C=O) groups is 4. The number of carboxylic acids is 1. The number of aliphatic carboxylic acids is 1. The number of aldehydes is 1. The summed E-state index contributed by atoms with van der Waals surface area (Å²) in [5.74, 6) is -3.69. The van der Waals surface area contributed by atoms with Gasteiger partial charge in [-0.3, -0.25) is 14.4 Å². The molecular formula is C44H66O17. The molecule has 0 aromatic carbocycles. The number of hydrogen-bond acceptors (Lipinski definition) is 16. The molecule has 0 amide bonds. The molecule has 2 aliphatic heterocycles. The van der Waals surface area contributed by atoms with Gasteiger partial charge in [-0.1, -0.05) is 53.2 Å². The summed E-state index contributed by atoms with van der Waals surface area (Å²) in [5, 5.41) is 84.1. The van der Waals surface area contributed by atoms with Gasteiger partial charge in [0.2, 0.25) is 6.29 Å². The number of ether oxygens (including phenoxy) is 5. The maximum Gasteiger partial charge on any atom is 0.317 e. The largest absolute Gasteiger partial charge is 0.481 e. The van der Waals surface area contributed by atoms with Crippen molar-refractivity contribution in [3.05, 3.63) is 11.6 Å². The molecule has 0 aromatic heterocycles. The number of fused-ring (bicyclic) bond motifs is 7. The van der Waals surface area contributed by atoms with E-state index in [1.165, 1.54) is 5.57 Å². The predicted octanol–water partition coefficient (Wildman–Crippen LogP) is 1.13. The summed E-state index contributed by atoms with van der Waals surface area (Å²) in [6, 6.07) is 0. The van der Waals surface area contributed by atoms with Crippen molar-refractivity contribution in [2.24, 2.45) is 50.2 Å². The zero-order chi connectivity index (χ0) is 44.8. The number of esters is 2. The van der Waals surface area contributed by atoms with Gasteiger partial charge in [0, 0.05) is 0 Å². The lowest BCUT2D eigenvalue weighted by molar-refractivity contribution is -0.320. The quantitative estimate of drug-likeness (QED) is 0.0530. The van der Waals surface area contributed by atoms with E-state index in [1.807, 2.05) is 0 Å². The van der Waals surface area contributed by atoms with Crippen LogP contribution >= 0.6 is 0 Å². The summed E-state index contributed by atoms with van der Waals surface area (Å²) in [4.78, 5) is 51.2. The fourth-order valence-electron chi connectivity index (χ4n) is 13.7. The number of aliphatic hydroxyl groups excluding tert-OH is 7. The number of aliphatic hydroxyl groups is 7. The zero-order valence-electron chi connectivity index (χ0n) is 36.0. The minimum absolute atomic E-state index is 0.0164. The first-order chi connectivity index (χ1) is 28.4. The van der Waals surface area contributed by atoms with E-state index >= 15 is 0 Å². The summed E-state index contributed by atoms with van der Waals surface area (Å²) in [6.45, 7) is 11.8. The number of hydrogen-bond donors (Lipinski definition) is 8. The molecule has 0 bridgehead atoms. The minimum Gasteiger partial charge on any atom is -0.481 e. The second-order valence-corrected chi connectivity index (χ2v) is 21.1. The molecule has 0 aromatic rings. The number of carboxylic acid groups (broad SMARTS) is 1. The molecule has 0 spiro atoms. The second kappa shape index (κ2) is 16.1. The van der Waals surface area contributed by atoms with Gasteiger partial charge in [0.15, 0.2) is 12.4 Å². The topological polar surface area (TPSA) is 276 Å². The Balaban J connectivity index is 1.16. The molecule has 2 saturated heterocycles. The first-order valence-electron chi connectivity index (χ1n) is 21.8. The summed E-state index contributed by atoms with van der Waals surface area (Å²) >= 11 is 0. The van der Waals surface area contributed by atoms with Gasteiger partial charge in [-0.15, -0.1) is 0 Å². The highest BCUT2D eigenvalue weighted by Gasteiger charge is 2.71. The van der Waals surface area contributed by atoms with Crippen LogP contribution in [-0.2, 0) is 42.9 Å². The second-order valence-electron chi connectivity index (χ2n) is 21.1. The Morgan fingerprint density at radius 3 is 2.16 bits per heavy atom. The van der Waals surface area contributed by atoms with Crippen LogP contribution in [0.25, 0.3) is 0 Å². The molecule has 8 N–H and O–H groups in total. The molecule has 7 rings (SSSR count). The van der Waals surface area contributed by atoms with Gasteiger partial charge in [-0.05, 0) is 97.2 Å². The lowest BCUT2D eigenvalue weighted by Gasteiger charge is -2.71. The lowest BCUT2D eigenvalue weighted by Crippen LogP contribution is -2.69. The highest BCUT2D eigenvalue weighted by atomic mass is 16.7. The van der Waals surface area contributed by atoms with Gasteiger partial charge in [-0.25, -0.2) is 0 Å². The molecule has 344 valence electrons. The molecule has 4 saturated carbocycles. The molecule has 6 fully saturated rings. The Labute approximate surface area is 355 Å². The van der Waals surface area contributed by atoms with Crippen molar-refractivity contribution in [2.45, 2.75) is 173 Å². The molecule has 61 heavy (non-hydrogen) atoms. The summed E-state index contributed by atoms with van der Waals surface area (Å²) in [5.41, 5.74) is -2.51. The highest BCUT2D eigenvalue weighted by Crippen LogP contribution is 2.76. The van der Waals surface area contributed by atoms with Crippen molar-refractivity contribution >= 4 is 24.2 Å². The van der Waals surface area contributed by atoms with Crippen LogP contribution in [0.1, 0.15) is 106 Å². The maximum absolute atomic E-state index is 14.6. The normalized spacial score (nSPS) is 50.3. The highest BCUT2D eigenvalue weighted by molar-refractivity contribution is 5.90. The van der Waals surface area contributed by atoms with Crippen LogP contribution in [0.5, 0.6) is 0 Å². The third kappa shape index (κ3) is 7.30. The molecule has 17 nitrogen and oxygen atoms in total. The average Bonchev–Trinajstić information content (AvgIpc) is 3.18. The fraction of sp³-hybridized carbons (Fsp3) is 0.864. The van der Waals surface area contributed by atoms with E-state index in [0.717, 1.165) is 12.7 Å². The number of allylic oxidation sites excluding steroid dienone is 2. The zero-order valence-corrected chi connectivity index (χ0v) is 36.0. The van der Waals surface area contributed by atoms with E-state index in [9.17, 15) is 54.9 Å². The number of rotatable bonds is 9. The third-order valence-corrected chi connectivity index (χ3v) is 17.3. The Morgan fingerprint density at radius 1 is 0.820 bits per heavy atom. The van der Waals surface area contributed by atoms with Crippen molar-refractivity contribution in [3.8, 4) is 0 Å². The first kappa shape index (κ1) is 46.4. The van der Waals surface area contributed by atoms with Crippen LogP contribution in [0.15, 0.2) is 11.6 Å². The van der Waals surface area contributed by atoms with Gasteiger partial charge in [0.25, 0.3) is 0 Å². The van der Waals surface area contributed by atoms with Crippen molar-refractivity contribution in [3.63, 3.8) is 0 Å². The Morgan fingerprint density at radius 2 is 1.51 bits per heavy atom. The average molecular weight is 867 g/mol. The van der Waals surface area contributed by atoms with Gasteiger partial charge in [0.1, 0.15) is 49.3 Å². The smallest absolute Gasteiger partial charge is 0.317 e. The van der Waals surface area contributed by atoms with Gasteiger partial charge < -0.3 is 69.3 Å². The SMILES string of the molecule is CC1(C)CC[C@]2(C(=O)O[C@@H]3O[C@H](CO)[C@@H](O)[C@H](O)[C@H]3O)CC[C@]3(C)C(=CCC4[C@@]5(C)C[C@H](O)[C@H](O[C@@H]6OC[C@@H](O)[C@H](OC(=O)CC(=O)O)[C@H]6O)[C@@](C)(C=O)C5CC[C@]43C)[C@@H]2C1. The Bertz CT molecular complexity index is 1750. The molecule has 5 aliphatic carbocycles. The summed E-state index contributed by atoms with van der Waals surface area (Å²) in [6.07, 6.45) is -9.13. The van der Waals surface area contributed by atoms with Crippen LogP contribution in [0.4, 0.5) is 0 Å². The monoisotopic (exact) mass is 866 g/mol. The van der Waals surface area contributed by atoms with Crippen LogP contribution in [-0.4, -0.2) is 146 Å². The van der Waals surface area contributed by atoms with E-state index in [2.05, 4.69) is 40.7 Å². The van der Waals surface area contributed by atoms with Gasteiger partial charge >= 0.3 is 17.9 Å². The van der Waals surface area contributed by atoms with E-state index in [0.29, 0.717) is 44.9 Å². The third-order valence-electron chi connectivity index (χ3n) is 17.3. The van der Waals surface area contributed by atoms with E-state index in [-0.39, 0.29) is 35.0 Å². The van der Waals surface area contributed by atoms with Crippen molar-refractivity contribution < 1.29 is 83.7 Å². The molecule has 2 unspecified atom stereocenters. The molecule has 19 atom stereocenters. The summed E-state index contributed by atoms with van der Waals surface area (Å²) < 4.78 is 28.6. The molecular weight excluding hydrogens is 800 g/mol. The van der Waals surface area contributed by atoms with Gasteiger partial charge in [0.05, 0.1) is 36.3 Å². The van der Waals surface area contributed by atoms with Crippen molar-refractivity contribution in [2.75, 3.05) is 13.2 Å². The molecule has 7 aliphatic rings. The van der Waals surface area contributed by atoms with Crippen LogP contribution < -0.4 is 0 Å². The first-order valence-corrected chi connectivity index (χ1v) is 21.8. The molecule has 0 radical (unpaired) electrons. The fourth-order valence-corrected chi connectivity index (χ4v) is 13.7. The van der Waals surface area contributed by atoms with Crippen LogP contribution in [0.3, 0.4) is 0 Å². The van der Waals surface area contributed by atoms with Crippen LogP contribution in [0.2, 0.25) is 0 Å². The van der Waals surface area contributed by atoms with Crippen LogP contribution in [0, 0.1) is 50.2 Å². The van der Waals surface area contributed by atoms with E-state index in [1.54, 1.807) is 6.92 Å². The predicted molar refractivity (Wildman–Crippen MR) is 209 cm³/mol. The standard InChI is InChI=1S/C44H66O17/c1-39(2)11-13-44(38(56)61-37-32(54)31(53)30(52)25(18-45)58-37)14-12-42(5)21(22(44)16-39)7-8-27-40(3)17-23(47)35(41(4,20-46)26(40)9-10-43(27,42)6)60-36-33(55)34(24(48)19-57-36)59-29(51)15-28(49)50/h7,20,22-27,30-37,45,47-48,52-55H,8-19H2,1-6H3,(H,49,50)/t22-,23-,24+,25+,26?,27?,30+,31-,32+,33+,34-,35-,36-,37-,40-,41-,42+,43+,44-/m0/s1. The van der Waals surface area contributed by atoms with Gasteiger partial charge in [-0.2, -0.15) is 0 Å². The lowest BCUT2D eigenvalue weighted by atomic mass is 9.33. The Kier molecular flexibility index (Phi) is 12.3. The maximum atomic E-state index is 14.6. The van der Waals surface area contributed by atoms with E-state index in [4.69, 9.17) is 28.8 Å². The molecule has 2 heterocycles. The molecule has 17 heteroatoms. The minimum atomic E-state index is -1.76. The summed E-state index contributed by atoms with van der Waals surface area (Å²) in [7, 11) is 0. The Hall–Kier alpha value is -2.58. The van der Waals surface area contributed by atoms with E-state index < -0.39 is 127 Å². The number of carbonyl (C=O) groups excluding carboxylic acids is 3.